The Morgan fingerprint density at radius 2 is 1.97 bits per heavy atom. The van der Waals surface area contributed by atoms with Crippen LogP contribution in [0.2, 0.25) is 5.02 Å². The highest BCUT2D eigenvalue weighted by Crippen LogP contribution is 2.36. The first-order valence-electron chi connectivity index (χ1n) is 11.7. The van der Waals surface area contributed by atoms with Crippen molar-refractivity contribution in [1.82, 2.24) is 20.6 Å². The van der Waals surface area contributed by atoms with Crippen LogP contribution >= 0.6 is 11.6 Å². The van der Waals surface area contributed by atoms with E-state index in [0.717, 1.165) is 18.7 Å². The second-order valence-corrected chi connectivity index (χ2v) is 12.0. The third-order valence-electron chi connectivity index (χ3n) is 5.63. The normalized spacial score (nSPS) is 14.5. The maximum absolute atomic E-state index is 12.6. The van der Waals surface area contributed by atoms with Gasteiger partial charge in [-0.2, -0.15) is 4.98 Å². The summed E-state index contributed by atoms with van der Waals surface area (Å²) in [6, 6.07) is 4.07. The molecule has 12 heteroatoms. The molecule has 2 aromatic rings. The molecule has 1 aliphatic rings. The first-order chi connectivity index (χ1) is 16.9. The third kappa shape index (κ3) is 6.26. The lowest BCUT2D eigenvalue weighted by Crippen LogP contribution is -2.40. The molecule has 0 radical (unpaired) electrons. The summed E-state index contributed by atoms with van der Waals surface area (Å²) in [6.45, 7) is 10.9. The van der Waals surface area contributed by atoms with Crippen molar-refractivity contribution in [3.63, 3.8) is 0 Å². The summed E-state index contributed by atoms with van der Waals surface area (Å²) in [7, 11) is -2.23. The summed E-state index contributed by atoms with van der Waals surface area (Å²) >= 11 is 6.31. The molecule has 0 bridgehead atoms. The minimum Gasteiger partial charge on any atom is -0.489 e. The second-order valence-electron chi connectivity index (χ2n) is 9.14. The minimum atomic E-state index is -3.83. The van der Waals surface area contributed by atoms with Crippen LogP contribution in [-0.4, -0.2) is 54.9 Å². The van der Waals surface area contributed by atoms with Crippen LogP contribution in [0.3, 0.4) is 0 Å². The van der Waals surface area contributed by atoms with Gasteiger partial charge in [-0.3, -0.25) is 5.41 Å². The van der Waals surface area contributed by atoms with Crippen molar-refractivity contribution in [1.29, 1.82) is 5.41 Å². The number of benzene rings is 1. The van der Waals surface area contributed by atoms with Crippen LogP contribution in [-0.2, 0) is 9.84 Å². The van der Waals surface area contributed by atoms with Gasteiger partial charge in [0.15, 0.2) is 20.7 Å². The van der Waals surface area contributed by atoms with Crippen LogP contribution in [0.5, 0.6) is 5.75 Å². The standard InChI is InChI=1S/C24H34ClN7O3S/c1-13(2)35-21-8-17(16-9-28-10-16)15(5)7-19(21)31-24-29-11-18(25)23(32-24)30-20(12-27-6)22(26)36(33,34)14(3)4/h7-8,11-14,16,26-28H,9-10H2,1-6H3,(H2,29,30,31,32)/b20-12+,26-22?. The second kappa shape index (κ2) is 11.4. The molecule has 1 saturated heterocycles. The Morgan fingerprint density at radius 1 is 1.28 bits per heavy atom. The molecule has 0 amide bonds. The van der Waals surface area contributed by atoms with Crippen LogP contribution in [0.25, 0.3) is 0 Å². The molecular weight excluding hydrogens is 502 g/mol. The van der Waals surface area contributed by atoms with E-state index in [4.69, 9.17) is 21.7 Å². The molecule has 1 aliphatic heterocycles. The molecule has 0 unspecified atom stereocenters. The van der Waals surface area contributed by atoms with Crippen molar-refractivity contribution in [2.75, 3.05) is 30.8 Å². The predicted molar refractivity (Wildman–Crippen MR) is 145 cm³/mol. The summed E-state index contributed by atoms with van der Waals surface area (Å²) in [5.41, 5.74) is 3.07. The zero-order chi connectivity index (χ0) is 26.6. The van der Waals surface area contributed by atoms with Gasteiger partial charge in [-0.1, -0.05) is 11.6 Å². The zero-order valence-corrected chi connectivity index (χ0v) is 22.9. The van der Waals surface area contributed by atoms with Gasteiger partial charge in [-0.25, -0.2) is 13.4 Å². The van der Waals surface area contributed by atoms with E-state index in [0.29, 0.717) is 17.4 Å². The summed E-state index contributed by atoms with van der Waals surface area (Å²) in [5, 5.41) is 19.2. The van der Waals surface area contributed by atoms with E-state index in [1.807, 2.05) is 19.9 Å². The lowest BCUT2D eigenvalue weighted by Gasteiger charge is -2.30. The van der Waals surface area contributed by atoms with E-state index in [1.54, 1.807) is 7.05 Å². The van der Waals surface area contributed by atoms with Gasteiger partial charge in [-0.05, 0) is 57.9 Å². The maximum atomic E-state index is 12.6. The largest absolute Gasteiger partial charge is 0.489 e. The molecule has 0 saturated carbocycles. The van der Waals surface area contributed by atoms with Crippen molar-refractivity contribution >= 4 is 43.9 Å². The molecule has 10 nitrogen and oxygen atoms in total. The lowest BCUT2D eigenvalue weighted by atomic mass is 9.89. The van der Waals surface area contributed by atoms with E-state index < -0.39 is 20.1 Å². The van der Waals surface area contributed by atoms with Gasteiger partial charge in [0, 0.05) is 32.3 Å². The molecule has 0 aliphatic carbocycles. The summed E-state index contributed by atoms with van der Waals surface area (Å²) in [4.78, 5) is 8.72. The van der Waals surface area contributed by atoms with Crippen LogP contribution < -0.4 is 26.0 Å². The average molecular weight is 536 g/mol. The highest BCUT2D eigenvalue weighted by molar-refractivity contribution is 8.07. The third-order valence-corrected chi connectivity index (χ3v) is 7.94. The van der Waals surface area contributed by atoms with E-state index in [-0.39, 0.29) is 28.6 Å². The molecule has 2 heterocycles. The first-order valence-corrected chi connectivity index (χ1v) is 13.6. The van der Waals surface area contributed by atoms with Crippen molar-refractivity contribution in [3.8, 4) is 5.75 Å². The van der Waals surface area contributed by atoms with Crippen molar-refractivity contribution in [3.05, 3.63) is 46.4 Å². The number of aryl methyl sites for hydroxylation is 1. The fourth-order valence-corrected chi connectivity index (χ4v) is 4.58. The van der Waals surface area contributed by atoms with Gasteiger partial charge in [0.2, 0.25) is 5.95 Å². The van der Waals surface area contributed by atoms with Crippen LogP contribution in [0.15, 0.2) is 30.2 Å². The molecule has 1 aromatic carbocycles. The average Bonchev–Trinajstić information content (AvgIpc) is 2.76. The summed E-state index contributed by atoms with van der Waals surface area (Å²) in [5.74, 6) is 1.52. The fraction of sp³-hybridized carbons (Fsp3) is 0.458. The smallest absolute Gasteiger partial charge is 0.229 e. The number of rotatable bonds is 10. The molecule has 0 spiro atoms. The number of halogens is 1. The molecule has 36 heavy (non-hydrogen) atoms. The Morgan fingerprint density at radius 3 is 2.53 bits per heavy atom. The van der Waals surface area contributed by atoms with E-state index in [9.17, 15) is 8.42 Å². The van der Waals surface area contributed by atoms with Gasteiger partial charge >= 0.3 is 0 Å². The summed E-state index contributed by atoms with van der Waals surface area (Å²) in [6.07, 6.45) is 2.74. The number of nitrogens with zero attached hydrogens (tertiary/aromatic N) is 2. The molecule has 1 fully saturated rings. The number of anilines is 3. The Kier molecular flexibility index (Phi) is 8.80. The number of nitrogens with one attached hydrogen (secondary N) is 5. The van der Waals surface area contributed by atoms with Crippen LogP contribution in [0.1, 0.15) is 44.7 Å². The Bertz CT molecular complexity index is 1260. The maximum Gasteiger partial charge on any atom is 0.229 e. The molecule has 196 valence electrons. The number of ether oxygens (including phenoxy) is 1. The number of aromatic nitrogens is 2. The first kappa shape index (κ1) is 27.7. The van der Waals surface area contributed by atoms with E-state index in [2.05, 4.69) is 44.2 Å². The van der Waals surface area contributed by atoms with Crippen LogP contribution in [0.4, 0.5) is 17.5 Å². The van der Waals surface area contributed by atoms with E-state index >= 15 is 0 Å². The Labute approximate surface area is 217 Å². The lowest BCUT2D eigenvalue weighted by molar-refractivity contribution is 0.243. The van der Waals surface area contributed by atoms with Gasteiger partial charge in [0.1, 0.15) is 10.8 Å². The number of sulfone groups is 1. The van der Waals surface area contributed by atoms with Gasteiger partial charge < -0.3 is 26.0 Å². The molecule has 0 atom stereocenters. The quantitative estimate of drug-likeness (QED) is 0.226. The van der Waals surface area contributed by atoms with Gasteiger partial charge in [0.25, 0.3) is 0 Å². The van der Waals surface area contributed by atoms with Gasteiger partial charge in [-0.15, -0.1) is 0 Å². The SMILES string of the molecule is CN/C=C(/Nc1nc(Nc2cc(C)c(C3CNC3)cc2OC(C)C)ncc1Cl)C(=N)S(=O)(=O)C(C)C. The monoisotopic (exact) mass is 535 g/mol. The highest BCUT2D eigenvalue weighted by atomic mass is 35.5. The minimum absolute atomic E-state index is 0.0101. The molecular formula is C24H34ClN7O3S. The Hall–Kier alpha value is -2.89. The van der Waals surface area contributed by atoms with Crippen molar-refractivity contribution in [2.24, 2.45) is 0 Å². The molecule has 5 N–H and O–H groups in total. The number of hydrogen-bond donors (Lipinski definition) is 5. The highest BCUT2D eigenvalue weighted by Gasteiger charge is 2.27. The van der Waals surface area contributed by atoms with Gasteiger partial charge in [0.05, 0.1) is 28.9 Å². The van der Waals surface area contributed by atoms with Crippen molar-refractivity contribution < 1.29 is 13.2 Å². The fourth-order valence-electron chi connectivity index (χ4n) is 3.56. The summed E-state index contributed by atoms with van der Waals surface area (Å²) < 4.78 is 31.2. The Balaban J connectivity index is 1.93. The molecule has 3 rings (SSSR count). The predicted octanol–water partition coefficient (Wildman–Crippen LogP) is 3.93. The molecule has 1 aromatic heterocycles. The zero-order valence-electron chi connectivity index (χ0n) is 21.4. The number of hydrogen-bond acceptors (Lipinski definition) is 10. The van der Waals surface area contributed by atoms with Crippen molar-refractivity contribution in [2.45, 2.75) is 51.9 Å². The topological polar surface area (TPSA) is 141 Å². The van der Waals surface area contributed by atoms with Crippen LogP contribution in [0, 0.1) is 12.3 Å². The van der Waals surface area contributed by atoms with E-state index in [1.165, 1.54) is 31.8 Å².